The van der Waals surface area contributed by atoms with Crippen LogP contribution in [0.4, 0.5) is 10.5 Å². The van der Waals surface area contributed by atoms with E-state index in [0.717, 1.165) is 0 Å². The number of ether oxygens (including phenoxy) is 1. The summed E-state index contributed by atoms with van der Waals surface area (Å²) in [6.45, 7) is 5.12. The molecule has 7 heteroatoms. The average molecular weight is 313 g/mol. The lowest BCUT2D eigenvalue weighted by Crippen LogP contribution is -2.27. The van der Waals surface area contributed by atoms with Gasteiger partial charge >= 0.3 is 6.09 Å². The number of amides is 1. The lowest BCUT2D eigenvalue weighted by atomic mass is 10.2. The molecule has 1 rings (SSSR count). The molecule has 1 aromatic carbocycles. The van der Waals surface area contributed by atoms with Crippen LogP contribution in [0.1, 0.15) is 20.8 Å². The molecule has 0 saturated heterocycles. The Balaban J connectivity index is 3.01. The molecule has 1 aromatic rings. The van der Waals surface area contributed by atoms with Crippen molar-refractivity contribution >= 4 is 46.6 Å². The molecule has 0 atom stereocenters. The van der Waals surface area contributed by atoms with E-state index in [1.54, 1.807) is 20.8 Å². The van der Waals surface area contributed by atoms with Crippen LogP contribution >= 0.6 is 34.8 Å². The van der Waals surface area contributed by atoms with Crippen molar-refractivity contribution in [2.24, 2.45) is 0 Å². The Kier molecular flexibility index (Phi) is 4.59. The molecule has 100 valence electrons. The molecule has 0 fully saturated rings. The summed E-state index contributed by atoms with van der Waals surface area (Å²) in [5.74, 6) is -0.364. The van der Waals surface area contributed by atoms with Gasteiger partial charge in [-0.25, -0.2) is 4.79 Å². The first-order valence-corrected chi connectivity index (χ1v) is 6.11. The van der Waals surface area contributed by atoms with E-state index in [1.165, 1.54) is 6.07 Å². The van der Waals surface area contributed by atoms with E-state index in [2.05, 4.69) is 5.32 Å². The van der Waals surface area contributed by atoms with Crippen molar-refractivity contribution in [2.75, 3.05) is 5.32 Å². The number of phenolic OH excluding ortho intramolecular Hbond substituents is 1. The van der Waals surface area contributed by atoms with Crippen LogP contribution in [0.2, 0.25) is 15.1 Å². The van der Waals surface area contributed by atoms with Crippen molar-refractivity contribution in [1.29, 1.82) is 0 Å². The molecule has 0 aliphatic rings. The third-order valence-corrected chi connectivity index (χ3v) is 2.85. The Morgan fingerprint density at radius 3 is 2.33 bits per heavy atom. The van der Waals surface area contributed by atoms with Gasteiger partial charge < -0.3 is 9.84 Å². The van der Waals surface area contributed by atoms with Gasteiger partial charge in [-0.05, 0) is 26.8 Å². The third kappa shape index (κ3) is 3.83. The normalized spacial score (nSPS) is 11.2. The highest BCUT2D eigenvalue weighted by molar-refractivity contribution is 6.46. The summed E-state index contributed by atoms with van der Waals surface area (Å²) in [6, 6.07) is 1.28. The second kappa shape index (κ2) is 5.43. The summed E-state index contributed by atoms with van der Waals surface area (Å²) in [5.41, 5.74) is -0.752. The van der Waals surface area contributed by atoms with Crippen LogP contribution in [-0.4, -0.2) is 16.8 Å². The van der Waals surface area contributed by atoms with Gasteiger partial charge in [-0.1, -0.05) is 34.8 Å². The van der Waals surface area contributed by atoms with E-state index in [0.29, 0.717) is 0 Å². The fraction of sp³-hybridized carbons (Fsp3) is 0.364. The Bertz CT molecular complexity index is 457. The molecule has 4 nitrogen and oxygen atoms in total. The van der Waals surface area contributed by atoms with Gasteiger partial charge in [-0.2, -0.15) is 0 Å². The van der Waals surface area contributed by atoms with Crippen molar-refractivity contribution in [3.63, 3.8) is 0 Å². The minimum Gasteiger partial charge on any atom is -0.504 e. The van der Waals surface area contributed by atoms with Crippen LogP contribution in [0, 0.1) is 0 Å². The number of rotatable bonds is 1. The summed E-state index contributed by atoms with van der Waals surface area (Å²) >= 11 is 17.4. The third-order valence-electron chi connectivity index (χ3n) is 1.77. The zero-order valence-corrected chi connectivity index (χ0v) is 12.2. The molecular weight excluding hydrogens is 300 g/mol. The van der Waals surface area contributed by atoms with Gasteiger partial charge in [0.2, 0.25) is 0 Å². The highest BCUT2D eigenvalue weighted by Gasteiger charge is 2.21. The molecule has 18 heavy (non-hydrogen) atoms. The fourth-order valence-electron chi connectivity index (χ4n) is 1.11. The van der Waals surface area contributed by atoms with E-state index in [4.69, 9.17) is 39.5 Å². The summed E-state index contributed by atoms with van der Waals surface area (Å²) in [5, 5.41) is 12.1. The second-order valence-corrected chi connectivity index (χ2v) is 5.70. The van der Waals surface area contributed by atoms with E-state index < -0.39 is 11.7 Å². The van der Waals surface area contributed by atoms with Crippen LogP contribution in [-0.2, 0) is 4.74 Å². The van der Waals surface area contributed by atoms with E-state index in [-0.39, 0.29) is 26.5 Å². The molecule has 0 bridgehead atoms. The van der Waals surface area contributed by atoms with Crippen molar-refractivity contribution in [1.82, 2.24) is 0 Å². The Hall–Kier alpha value is -0.840. The van der Waals surface area contributed by atoms with Gasteiger partial charge in [0, 0.05) is 0 Å². The number of hydrogen-bond donors (Lipinski definition) is 2. The Labute approximate surface area is 120 Å². The zero-order valence-electron chi connectivity index (χ0n) is 9.97. The number of aromatic hydroxyl groups is 1. The predicted octanol–water partition coefficient (Wildman–Crippen LogP) is 4.70. The van der Waals surface area contributed by atoms with Crippen LogP contribution in [0.15, 0.2) is 6.07 Å². The lowest BCUT2D eigenvalue weighted by molar-refractivity contribution is 0.0635. The van der Waals surface area contributed by atoms with Gasteiger partial charge in [0.15, 0.2) is 5.75 Å². The molecule has 0 radical (unpaired) electrons. The van der Waals surface area contributed by atoms with Crippen molar-refractivity contribution in [3.05, 3.63) is 21.1 Å². The first-order valence-electron chi connectivity index (χ1n) is 4.98. The minimum atomic E-state index is -0.766. The fourth-order valence-corrected chi connectivity index (χ4v) is 1.76. The molecule has 0 aromatic heterocycles. The number of carbonyl (C=O) groups is 1. The smallest absolute Gasteiger partial charge is 0.412 e. The molecule has 1 amide bonds. The van der Waals surface area contributed by atoms with Crippen LogP contribution in [0.25, 0.3) is 0 Å². The summed E-state index contributed by atoms with van der Waals surface area (Å²) in [7, 11) is 0. The average Bonchev–Trinajstić information content (AvgIpc) is 2.19. The molecule has 2 N–H and O–H groups in total. The highest BCUT2D eigenvalue weighted by atomic mass is 35.5. The quantitative estimate of drug-likeness (QED) is 0.583. The number of benzene rings is 1. The van der Waals surface area contributed by atoms with Gasteiger partial charge in [0.25, 0.3) is 0 Å². The molecule has 0 aliphatic heterocycles. The standard InChI is InChI=1S/C11H12Cl3NO3/c1-11(2,3)18-10(17)15-8-7(14)5(12)4-6(13)9(8)16/h4,16H,1-3H3,(H,15,17). The van der Waals surface area contributed by atoms with Gasteiger partial charge in [-0.15, -0.1) is 0 Å². The van der Waals surface area contributed by atoms with Gasteiger partial charge in [0.1, 0.15) is 11.3 Å². The molecule has 0 saturated carbocycles. The second-order valence-electron chi connectivity index (χ2n) is 4.50. The maximum absolute atomic E-state index is 11.6. The summed E-state index contributed by atoms with van der Waals surface area (Å²) in [6.07, 6.45) is -0.766. The molecule has 0 unspecified atom stereocenters. The number of carbonyl (C=O) groups excluding carboxylic acids is 1. The SMILES string of the molecule is CC(C)(C)OC(=O)Nc1c(O)c(Cl)cc(Cl)c1Cl. The number of phenols is 1. The van der Waals surface area contributed by atoms with E-state index >= 15 is 0 Å². The van der Waals surface area contributed by atoms with Crippen molar-refractivity contribution in [2.45, 2.75) is 26.4 Å². The topological polar surface area (TPSA) is 58.6 Å². The Morgan fingerprint density at radius 2 is 1.83 bits per heavy atom. The maximum Gasteiger partial charge on any atom is 0.412 e. The highest BCUT2D eigenvalue weighted by Crippen LogP contribution is 2.42. The summed E-state index contributed by atoms with van der Waals surface area (Å²) < 4.78 is 5.03. The van der Waals surface area contributed by atoms with Crippen LogP contribution in [0.3, 0.4) is 0 Å². The van der Waals surface area contributed by atoms with E-state index in [9.17, 15) is 9.90 Å². The van der Waals surface area contributed by atoms with Crippen molar-refractivity contribution < 1.29 is 14.6 Å². The number of anilines is 1. The zero-order chi connectivity index (χ0) is 14.1. The van der Waals surface area contributed by atoms with Crippen molar-refractivity contribution in [3.8, 4) is 5.75 Å². The van der Waals surface area contributed by atoms with Gasteiger partial charge in [0.05, 0.1) is 15.1 Å². The van der Waals surface area contributed by atoms with Crippen LogP contribution < -0.4 is 5.32 Å². The maximum atomic E-state index is 11.6. The van der Waals surface area contributed by atoms with Gasteiger partial charge in [-0.3, -0.25) is 5.32 Å². The molecular formula is C11H12Cl3NO3. The largest absolute Gasteiger partial charge is 0.504 e. The van der Waals surface area contributed by atoms with E-state index in [1.807, 2.05) is 0 Å². The van der Waals surface area contributed by atoms with Crippen LogP contribution in [0.5, 0.6) is 5.75 Å². The Morgan fingerprint density at radius 1 is 1.28 bits per heavy atom. The number of hydrogen-bond acceptors (Lipinski definition) is 3. The number of nitrogens with one attached hydrogen (secondary N) is 1. The summed E-state index contributed by atoms with van der Waals surface area (Å²) in [4.78, 5) is 11.6. The first kappa shape index (κ1) is 15.2. The molecule has 0 aliphatic carbocycles. The monoisotopic (exact) mass is 311 g/mol. The minimum absolute atomic E-state index is 0.00979. The predicted molar refractivity (Wildman–Crippen MR) is 73.0 cm³/mol. The molecule has 0 spiro atoms. The lowest BCUT2D eigenvalue weighted by Gasteiger charge is -2.20. The molecule has 0 heterocycles. The first-order chi connectivity index (χ1) is 8.11. The number of halogens is 3.